The number of amides is 1. The number of rotatable bonds is 5. The van der Waals surface area contributed by atoms with Crippen molar-refractivity contribution >= 4 is 23.2 Å². The lowest BCUT2D eigenvalue weighted by Gasteiger charge is -2.11. The summed E-state index contributed by atoms with van der Waals surface area (Å²) < 4.78 is 6.45. The van der Waals surface area contributed by atoms with Crippen molar-refractivity contribution in [2.24, 2.45) is 0 Å². The van der Waals surface area contributed by atoms with Gasteiger partial charge in [-0.1, -0.05) is 35.4 Å². The van der Waals surface area contributed by atoms with Gasteiger partial charge in [0.2, 0.25) is 0 Å². The molecule has 1 amide bonds. The van der Waals surface area contributed by atoms with E-state index in [-0.39, 0.29) is 17.9 Å². The number of benzene rings is 2. The van der Waals surface area contributed by atoms with Gasteiger partial charge in [0.15, 0.2) is 0 Å². The molecule has 6 nitrogen and oxygen atoms in total. The normalized spacial score (nSPS) is 10.7. The van der Waals surface area contributed by atoms with E-state index in [1.54, 1.807) is 25.3 Å². The first kappa shape index (κ1) is 18.0. The van der Waals surface area contributed by atoms with Crippen LogP contribution >= 0.6 is 11.6 Å². The van der Waals surface area contributed by atoms with Crippen LogP contribution in [0.2, 0.25) is 5.02 Å². The Morgan fingerprint density at radius 1 is 1.23 bits per heavy atom. The van der Waals surface area contributed by atoms with Gasteiger partial charge in [-0.05, 0) is 31.2 Å². The summed E-state index contributed by atoms with van der Waals surface area (Å²) in [5, 5.41) is 6.09. The number of aromatic nitrogens is 2. The molecule has 0 saturated carbocycles. The first-order valence-corrected chi connectivity index (χ1v) is 8.34. The monoisotopic (exact) mass is 371 g/mol. The zero-order valence-corrected chi connectivity index (χ0v) is 15.1. The van der Waals surface area contributed by atoms with Gasteiger partial charge in [0, 0.05) is 29.4 Å². The van der Waals surface area contributed by atoms with Gasteiger partial charge in [-0.15, -0.1) is 0 Å². The minimum Gasteiger partial charge on any atom is -0.380 e. The molecule has 0 saturated heterocycles. The largest absolute Gasteiger partial charge is 0.380 e. The van der Waals surface area contributed by atoms with E-state index in [0.717, 1.165) is 5.56 Å². The lowest BCUT2D eigenvalue weighted by molar-refractivity contribution is 0.102. The number of H-pyrrole nitrogens is 1. The number of carbonyl (C=O) groups is 1. The fourth-order valence-electron chi connectivity index (χ4n) is 2.55. The van der Waals surface area contributed by atoms with Crippen LogP contribution in [0.5, 0.6) is 0 Å². The van der Waals surface area contributed by atoms with Crippen LogP contribution in [-0.4, -0.2) is 22.8 Å². The second-order valence-corrected chi connectivity index (χ2v) is 6.24. The summed E-state index contributed by atoms with van der Waals surface area (Å²) in [6.07, 6.45) is 0. The van der Waals surface area contributed by atoms with Crippen molar-refractivity contribution in [2.45, 2.75) is 13.5 Å². The van der Waals surface area contributed by atoms with Gasteiger partial charge in [0.1, 0.15) is 5.69 Å². The van der Waals surface area contributed by atoms with E-state index in [2.05, 4.69) is 10.4 Å². The summed E-state index contributed by atoms with van der Waals surface area (Å²) in [4.78, 5) is 24.8. The second kappa shape index (κ2) is 7.59. The maximum atomic E-state index is 12.6. The summed E-state index contributed by atoms with van der Waals surface area (Å²) in [5.74, 6) is -0.437. The molecule has 2 N–H and O–H groups in total. The van der Waals surface area contributed by atoms with E-state index >= 15 is 0 Å². The van der Waals surface area contributed by atoms with Crippen LogP contribution < -0.4 is 10.9 Å². The van der Waals surface area contributed by atoms with Gasteiger partial charge in [-0.2, -0.15) is 0 Å². The maximum absolute atomic E-state index is 12.6. The highest BCUT2D eigenvalue weighted by Crippen LogP contribution is 2.25. The highest BCUT2D eigenvalue weighted by atomic mass is 35.5. The molecule has 2 aromatic carbocycles. The molecule has 0 spiro atoms. The summed E-state index contributed by atoms with van der Waals surface area (Å²) >= 11 is 6.17. The smallest absolute Gasteiger partial charge is 0.273 e. The predicted molar refractivity (Wildman–Crippen MR) is 101 cm³/mol. The molecule has 0 aliphatic carbocycles. The molecule has 0 unspecified atom stereocenters. The molecule has 0 fully saturated rings. The van der Waals surface area contributed by atoms with E-state index < -0.39 is 5.91 Å². The number of carbonyl (C=O) groups excluding carboxylic acids is 1. The number of hydrogen-bond donors (Lipinski definition) is 2. The van der Waals surface area contributed by atoms with Crippen molar-refractivity contribution in [3.8, 4) is 5.69 Å². The Kier molecular flexibility index (Phi) is 5.25. The molecule has 3 aromatic rings. The number of hydrogen-bond acceptors (Lipinski definition) is 3. The van der Waals surface area contributed by atoms with Gasteiger partial charge < -0.3 is 10.1 Å². The molecule has 1 heterocycles. The molecule has 134 valence electrons. The average Bonchev–Trinajstić information content (AvgIpc) is 3.01. The van der Waals surface area contributed by atoms with Gasteiger partial charge in [-0.25, -0.2) is 4.68 Å². The van der Waals surface area contributed by atoms with E-state index in [9.17, 15) is 9.59 Å². The van der Waals surface area contributed by atoms with Crippen molar-refractivity contribution in [1.82, 2.24) is 9.78 Å². The van der Waals surface area contributed by atoms with Crippen molar-refractivity contribution in [3.05, 3.63) is 80.7 Å². The second-order valence-electron chi connectivity index (χ2n) is 5.83. The van der Waals surface area contributed by atoms with E-state index in [4.69, 9.17) is 16.3 Å². The number of nitrogens with zero attached hydrogens (tertiary/aromatic N) is 1. The number of methoxy groups -OCH3 is 1. The number of anilines is 1. The van der Waals surface area contributed by atoms with Gasteiger partial charge in [0.25, 0.3) is 11.5 Å². The quantitative estimate of drug-likeness (QED) is 0.720. The lowest BCUT2D eigenvalue weighted by atomic mass is 10.2. The zero-order chi connectivity index (χ0) is 18.7. The SMILES string of the molecule is COCc1c(Cl)cccc1NC(=O)c1cc(=O)n(-c2ccc(C)cc2)[nH]1. The average molecular weight is 372 g/mol. The summed E-state index contributed by atoms with van der Waals surface area (Å²) in [6, 6.07) is 13.9. The Hall–Kier alpha value is -2.83. The molecule has 3 rings (SSSR count). The van der Waals surface area contributed by atoms with Crippen molar-refractivity contribution in [2.75, 3.05) is 12.4 Å². The van der Waals surface area contributed by atoms with Gasteiger partial charge in [-0.3, -0.25) is 14.7 Å². The van der Waals surface area contributed by atoms with Crippen LogP contribution in [0.1, 0.15) is 21.6 Å². The highest BCUT2D eigenvalue weighted by molar-refractivity contribution is 6.31. The fraction of sp³-hybridized carbons (Fsp3) is 0.158. The third-order valence-corrected chi connectivity index (χ3v) is 4.27. The summed E-state index contributed by atoms with van der Waals surface area (Å²) in [5.41, 5.74) is 2.78. The van der Waals surface area contributed by atoms with E-state index in [0.29, 0.717) is 22.0 Å². The molecule has 0 bridgehead atoms. The van der Waals surface area contributed by atoms with Crippen molar-refractivity contribution in [3.63, 3.8) is 0 Å². The molecule has 0 aliphatic rings. The number of ether oxygens (including phenoxy) is 1. The molecule has 0 radical (unpaired) electrons. The third-order valence-electron chi connectivity index (χ3n) is 3.91. The Balaban J connectivity index is 1.88. The first-order chi connectivity index (χ1) is 12.5. The Morgan fingerprint density at radius 2 is 1.96 bits per heavy atom. The summed E-state index contributed by atoms with van der Waals surface area (Å²) in [7, 11) is 1.55. The van der Waals surface area contributed by atoms with Crippen LogP contribution in [-0.2, 0) is 11.3 Å². The number of aromatic amines is 1. The topological polar surface area (TPSA) is 76.1 Å². The molecule has 1 aromatic heterocycles. The van der Waals surface area contributed by atoms with Crippen LogP contribution in [0.4, 0.5) is 5.69 Å². The number of nitrogens with one attached hydrogen (secondary N) is 2. The molecule has 0 atom stereocenters. The number of aryl methyl sites for hydroxylation is 1. The Labute approximate surface area is 155 Å². The molecule has 0 aliphatic heterocycles. The molecule has 26 heavy (non-hydrogen) atoms. The maximum Gasteiger partial charge on any atom is 0.273 e. The summed E-state index contributed by atoms with van der Waals surface area (Å²) in [6.45, 7) is 2.22. The molecular weight excluding hydrogens is 354 g/mol. The Bertz CT molecular complexity index is 990. The first-order valence-electron chi connectivity index (χ1n) is 7.96. The molecular formula is C19H18ClN3O3. The molecule has 7 heteroatoms. The van der Waals surface area contributed by atoms with E-state index in [1.165, 1.54) is 10.7 Å². The van der Waals surface area contributed by atoms with Crippen LogP contribution in [0.3, 0.4) is 0 Å². The highest BCUT2D eigenvalue weighted by Gasteiger charge is 2.15. The fourth-order valence-corrected chi connectivity index (χ4v) is 2.78. The lowest BCUT2D eigenvalue weighted by Crippen LogP contribution is -2.15. The van der Waals surface area contributed by atoms with Gasteiger partial charge in [0.05, 0.1) is 12.3 Å². The Morgan fingerprint density at radius 3 is 2.65 bits per heavy atom. The number of halogens is 1. The van der Waals surface area contributed by atoms with Crippen molar-refractivity contribution < 1.29 is 9.53 Å². The van der Waals surface area contributed by atoms with E-state index in [1.807, 2.05) is 31.2 Å². The standard InChI is InChI=1S/C19H18ClN3O3/c1-12-6-8-13(9-7-12)23-18(24)10-17(22-23)19(25)21-16-5-3-4-15(20)14(16)11-26-2/h3-10,22H,11H2,1-2H3,(H,21,25). The minimum absolute atomic E-state index is 0.152. The van der Waals surface area contributed by atoms with Gasteiger partial charge >= 0.3 is 0 Å². The predicted octanol–water partition coefficient (Wildman–Crippen LogP) is 3.53. The van der Waals surface area contributed by atoms with Crippen LogP contribution in [0, 0.1) is 6.92 Å². The third kappa shape index (κ3) is 3.71. The van der Waals surface area contributed by atoms with Crippen molar-refractivity contribution in [1.29, 1.82) is 0 Å². The minimum atomic E-state index is -0.437. The van der Waals surface area contributed by atoms with Crippen LogP contribution in [0.25, 0.3) is 5.69 Å². The zero-order valence-electron chi connectivity index (χ0n) is 14.4. The van der Waals surface area contributed by atoms with Crippen LogP contribution in [0.15, 0.2) is 53.3 Å².